The van der Waals surface area contributed by atoms with Crippen molar-refractivity contribution in [1.29, 1.82) is 0 Å². The van der Waals surface area contributed by atoms with Gasteiger partial charge in [-0.05, 0) is 19.8 Å². The van der Waals surface area contributed by atoms with E-state index in [0.29, 0.717) is 13.2 Å². The smallest absolute Gasteiger partial charge is 0.306 e. The Kier molecular flexibility index (Phi) is 8.16. The van der Waals surface area contributed by atoms with Crippen LogP contribution in [-0.4, -0.2) is 70.6 Å². The van der Waals surface area contributed by atoms with Gasteiger partial charge in [0.15, 0.2) is 0 Å². The van der Waals surface area contributed by atoms with E-state index < -0.39 is 16.0 Å². The number of hydrogen-bond acceptors (Lipinski definition) is 6. The van der Waals surface area contributed by atoms with Gasteiger partial charge in [-0.15, -0.1) is 0 Å². The van der Waals surface area contributed by atoms with Crippen molar-refractivity contribution >= 4 is 16.0 Å². The Balaban J connectivity index is 2.61. The van der Waals surface area contributed by atoms with Gasteiger partial charge in [-0.1, -0.05) is 0 Å². The second-order valence-electron chi connectivity index (χ2n) is 4.83. The minimum Gasteiger partial charge on any atom is -0.469 e. The maximum atomic E-state index is 12.3. The SMILES string of the molecule is CCOCCS(=O)(=O)N(CCC(=O)OC)CC1CCCO1. The molecule has 1 atom stereocenters. The van der Waals surface area contributed by atoms with Crippen LogP contribution in [0.2, 0.25) is 0 Å². The van der Waals surface area contributed by atoms with Crippen LogP contribution in [-0.2, 0) is 29.0 Å². The monoisotopic (exact) mass is 323 g/mol. The number of ether oxygens (including phenoxy) is 3. The lowest BCUT2D eigenvalue weighted by Gasteiger charge is -2.24. The fourth-order valence-corrected chi connectivity index (χ4v) is 3.46. The third-order valence-corrected chi connectivity index (χ3v) is 5.11. The Morgan fingerprint density at radius 1 is 1.43 bits per heavy atom. The summed E-state index contributed by atoms with van der Waals surface area (Å²) in [5.41, 5.74) is 0. The van der Waals surface area contributed by atoms with Crippen LogP contribution in [0.5, 0.6) is 0 Å². The molecule has 1 heterocycles. The van der Waals surface area contributed by atoms with Gasteiger partial charge in [0.2, 0.25) is 10.0 Å². The maximum absolute atomic E-state index is 12.3. The first-order chi connectivity index (χ1) is 9.99. The summed E-state index contributed by atoms with van der Waals surface area (Å²) in [5, 5.41) is 0. The van der Waals surface area contributed by atoms with Gasteiger partial charge < -0.3 is 14.2 Å². The van der Waals surface area contributed by atoms with Crippen molar-refractivity contribution in [2.45, 2.75) is 32.3 Å². The van der Waals surface area contributed by atoms with E-state index in [1.807, 2.05) is 6.92 Å². The summed E-state index contributed by atoms with van der Waals surface area (Å²) < 4.78 is 41.1. The normalized spacial score (nSPS) is 19.1. The van der Waals surface area contributed by atoms with Crippen LogP contribution in [0.3, 0.4) is 0 Å². The highest BCUT2D eigenvalue weighted by Gasteiger charge is 2.27. The average Bonchev–Trinajstić information content (AvgIpc) is 2.96. The van der Waals surface area contributed by atoms with Crippen molar-refractivity contribution in [3.05, 3.63) is 0 Å². The van der Waals surface area contributed by atoms with E-state index in [1.165, 1.54) is 11.4 Å². The van der Waals surface area contributed by atoms with E-state index in [9.17, 15) is 13.2 Å². The minimum atomic E-state index is -3.47. The molecule has 1 unspecified atom stereocenters. The van der Waals surface area contributed by atoms with E-state index in [-0.39, 0.29) is 38.0 Å². The number of methoxy groups -OCH3 is 1. The van der Waals surface area contributed by atoms with E-state index >= 15 is 0 Å². The maximum Gasteiger partial charge on any atom is 0.306 e. The Morgan fingerprint density at radius 3 is 2.76 bits per heavy atom. The first-order valence-electron chi connectivity index (χ1n) is 7.23. The molecule has 1 rings (SSSR count). The zero-order valence-corrected chi connectivity index (χ0v) is 13.6. The van der Waals surface area contributed by atoms with Crippen molar-refractivity contribution in [2.75, 3.05) is 45.8 Å². The molecule has 1 aliphatic heterocycles. The van der Waals surface area contributed by atoms with E-state index in [0.717, 1.165) is 12.8 Å². The van der Waals surface area contributed by atoms with Crippen molar-refractivity contribution in [1.82, 2.24) is 4.31 Å². The highest BCUT2D eigenvalue weighted by Crippen LogP contribution is 2.16. The zero-order valence-electron chi connectivity index (χ0n) is 12.7. The van der Waals surface area contributed by atoms with Gasteiger partial charge in [0, 0.05) is 26.3 Å². The number of hydrogen-bond donors (Lipinski definition) is 0. The predicted molar refractivity (Wildman–Crippen MR) is 77.5 cm³/mol. The molecular formula is C13H25NO6S. The van der Waals surface area contributed by atoms with E-state index in [4.69, 9.17) is 9.47 Å². The Hall–Kier alpha value is -0.700. The molecule has 0 saturated carbocycles. The van der Waals surface area contributed by atoms with Crippen molar-refractivity contribution < 1.29 is 27.4 Å². The quantitative estimate of drug-likeness (QED) is 0.427. The van der Waals surface area contributed by atoms with Gasteiger partial charge in [0.05, 0.1) is 32.0 Å². The summed E-state index contributed by atoms with van der Waals surface area (Å²) in [6, 6.07) is 0. The second kappa shape index (κ2) is 9.34. The molecule has 0 aromatic carbocycles. The molecule has 1 saturated heterocycles. The Labute approximate surface area is 126 Å². The molecule has 0 bridgehead atoms. The molecule has 8 heteroatoms. The summed E-state index contributed by atoms with van der Waals surface area (Å²) in [6.07, 6.45) is 1.73. The average molecular weight is 323 g/mol. The molecule has 1 aliphatic rings. The minimum absolute atomic E-state index is 0.0388. The lowest BCUT2D eigenvalue weighted by atomic mass is 10.2. The van der Waals surface area contributed by atoms with Gasteiger partial charge in [0.25, 0.3) is 0 Å². The van der Waals surface area contributed by atoms with E-state index in [1.54, 1.807) is 0 Å². The summed E-state index contributed by atoms with van der Waals surface area (Å²) in [6.45, 7) is 3.50. The third kappa shape index (κ3) is 6.73. The molecule has 0 amide bonds. The molecule has 21 heavy (non-hydrogen) atoms. The van der Waals surface area contributed by atoms with Crippen LogP contribution in [0.4, 0.5) is 0 Å². The molecule has 1 fully saturated rings. The van der Waals surface area contributed by atoms with Crippen LogP contribution in [0, 0.1) is 0 Å². The number of carbonyl (C=O) groups is 1. The topological polar surface area (TPSA) is 82.1 Å². The van der Waals surface area contributed by atoms with Crippen LogP contribution in [0.15, 0.2) is 0 Å². The molecule has 0 aliphatic carbocycles. The fourth-order valence-electron chi connectivity index (χ4n) is 2.12. The lowest BCUT2D eigenvalue weighted by Crippen LogP contribution is -2.40. The number of rotatable bonds is 10. The summed E-state index contributed by atoms with van der Waals surface area (Å²) >= 11 is 0. The molecule has 0 radical (unpaired) electrons. The second-order valence-corrected chi connectivity index (χ2v) is 6.92. The summed E-state index contributed by atoms with van der Waals surface area (Å²) in [7, 11) is -2.18. The molecule has 7 nitrogen and oxygen atoms in total. The van der Waals surface area contributed by atoms with E-state index in [2.05, 4.69) is 4.74 Å². The Bertz CT molecular complexity index is 405. The van der Waals surface area contributed by atoms with Crippen molar-refractivity contribution in [2.24, 2.45) is 0 Å². The van der Waals surface area contributed by atoms with Crippen molar-refractivity contribution in [3.8, 4) is 0 Å². The predicted octanol–water partition coefficient (Wildman–Crippen LogP) is 0.397. The van der Waals surface area contributed by atoms with Gasteiger partial charge in [-0.2, -0.15) is 4.31 Å². The van der Waals surface area contributed by atoms with Crippen LogP contribution in [0.1, 0.15) is 26.2 Å². The molecule has 0 aromatic heterocycles. The molecular weight excluding hydrogens is 298 g/mol. The number of sulfonamides is 1. The van der Waals surface area contributed by atoms with Gasteiger partial charge in [0.1, 0.15) is 0 Å². The molecule has 124 valence electrons. The largest absolute Gasteiger partial charge is 0.469 e. The fraction of sp³-hybridized carbons (Fsp3) is 0.923. The molecule has 0 spiro atoms. The molecule has 0 aromatic rings. The first-order valence-corrected chi connectivity index (χ1v) is 8.84. The summed E-state index contributed by atoms with van der Waals surface area (Å²) in [5.74, 6) is -0.512. The Morgan fingerprint density at radius 2 is 2.19 bits per heavy atom. The number of carbonyl (C=O) groups excluding carboxylic acids is 1. The first kappa shape index (κ1) is 18.3. The number of nitrogens with zero attached hydrogens (tertiary/aromatic N) is 1. The zero-order chi connectivity index (χ0) is 15.7. The van der Waals surface area contributed by atoms with Gasteiger partial charge in [-0.3, -0.25) is 4.79 Å². The standard InChI is InChI=1S/C13H25NO6S/c1-3-19-9-10-21(16,17)14(7-6-13(15)18-2)11-12-5-4-8-20-12/h12H,3-11H2,1-2H3. The van der Waals surface area contributed by atoms with Crippen LogP contribution >= 0.6 is 0 Å². The number of esters is 1. The van der Waals surface area contributed by atoms with Gasteiger partial charge in [-0.25, -0.2) is 8.42 Å². The third-order valence-electron chi connectivity index (χ3n) is 3.31. The highest BCUT2D eigenvalue weighted by atomic mass is 32.2. The van der Waals surface area contributed by atoms with Crippen LogP contribution < -0.4 is 0 Å². The van der Waals surface area contributed by atoms with Gasteiger partial charge >= 0.3 is 5.97 Å². The molecule has 0 N–H and O–H groups in total. The van der Waals surface area contributed by atoms with Crippen LogP contribution in [0.25, 0.3) is 0 Å². The highest BCUT2D eigenvalue weighted by molar-refractivity contribution is 7.89. The summed E-state index contributed by atoms with van der Waals surface area (Å²) in [4.78, 5) is 11.2. The van der Waals surface area contributed by atoms with Crippen molar-refractivity contribution in [3.63, 3.8) is 0 Å². The lowest BCUT2D eigenvalue weighted by molar-refractivity contribution is -0.140.